The number of alkyl halides is 2. The Bertz CT molecular complexity index is 1240. The Hall–Kier alpha value is -3.07. The Labute approximate surface area is 171 Å². The number of pyridine rings is 1. The first-order valence-electron chi connectivity index (χ1n) is 9.20. The molecule has 1 aromatic heterocycles. The van der Waals surface area contributed by atoms with Gasteiger partial charge in [-0.3, -0.25) is 9.78 Å². The van der Waals surface area contributed by atoms with E-state index >= 15 is 0 Å². The van der Waals surface area contributed by atoms with Gasteiger partial charge in [0, 0.05) is 17.1 Å². The van der Waals surface area contributed by atoms with Crippen LogP contribution in [0.2, 0.25) is 0 Å². The van der Waals surface area contributed by atoms with Crippen LogP contribution in [0.1, 0.15) is 24.0 Å². The molecule has 6 nitrogen and oxygen atoms in total. The summed E-state index contributed by atoms with van der Waals surface area (Å²) in [6.45, 7) is -1.30. The average Bonchev–Trinajstić information content (AvgIpc) is 3.50. The largest absolute Gasteiger partial charge is 0.435 e. The van der Waals surface area contributed by atoms with E-state index < -0.39 is 28.0 Å². The molecule has 0 atom stereocenters. The number of nitrogens with one attached hydrogen (secondary N) is 1. The maximum Gasteiger partial charge on any atom is 0.387 e. The molecule has 1 amide bonds. The molecule has 4 rings (SSSR count). The summed E-state index contributed by atoms with van der Waals surface area (Å²) in [5.74, 6) is -0.900. The van der Waals surface area contributed by atoms with Gasteiger partial charge in [0.2, 0.25) is 5.91 Å². The van der Waals surface area contributed by atoms with Crippen molar-refractivity contribution < 1.29 is 26.7 Å². The van der Waals surface area contributed by atoms with E-state index in [0.717, 1.165) is 5.56 Å². The van der Waals surface area contributed by atoms with E-state index in [0.29, 0.717) is 23.7 Å². The number of amides is 1. The van der Waals surface area contributed by atoms with E-state index in [-0.39, 0.29) is 16.2 Å². The van der Waals surface area contributed by atoms with E-state index in [9.17, 15) is 22.0 Å². The summed E-state index contributed by atoms with van der Waals surface area (Å²) in [4.78, 5) is 17.1. The number of fused-ring (bicyclic) bond motifs is 1. The van der Waals surface area contributed by atoms with Crippen LogP contribution in [0.25, 0.3) is 10.9 Å². The number of hydrogen-bond acceptors (Lipinski definition) is 5. The lowest BCUT2D eigenvalue weighted by Gasteiger charge is -2.20. The number of hydrogen-bond donors (Lipinski definition) is 1. The SMILES string of the molecule is Cc1ccc(OC(F)F)c(C2(C(=O)NS(=O)(=O)c3cccc4ncccc34)CC2)c1. The van der Waals surface area contributed by atoms with Gasteiger partial charge in [-0.25, -0.2) is 13.1 Å². The first kappa shape index (κ1) is 20.2. The van der Waals surface area contributed by atoms with Crippen molar-refractivity contribution in [3.8, 4) is 5.75 Å². The van der Waals surface area contributed by atoms with Crippen molar-refractivity contribution >= 4 is 26.8 Å². The number of benzene rings is 2. The van der Waals surface area contributed by atoms with Crippen molar-refractivity contribution in [2.45, 2.75) is 36.7 Å². The second-order valence-electron chi connectivity index (χ2n) is 7.22. The molecule has 1 aliphatic carbocycles. The molecule has 1 aliphatic rings. The van der Waals surface area contributed by atoms with Crippen LogP contribution in [0.15, 0.2) is 59.6 Å². The van der Waals surface area contributed by atoms with Gasteiger partial charge in [0.1, 0.15) is 5.75 Å². The normalized spacial score (nSPS) is 15.2. The molecule has 0 bridgehead atoms. The summed E-state index contributed by atoms with van der Waals surface area (Å²) in [5, 5.41) is 0.377. The van der Waals surface area contributed by atoms with Gasteiger partial charge in [0.05, 0.1) is 15.8 Å². The molecule has 2 aromatic carbocycles. The van der Waals surface area contributed by atoms with Gasteiger partial charge in [0.15, 0.2) is 0 Å². The molecule has 156 valence electrons. The van der Waals surface area contributed by atoms with Gasteiger partial charge < -0.3 is 4.74 Å². The standard InChI is InChI=1S/C21H18F2N2O4S/c1-13-7-8-17(29-20(22)23)15(12-13)21(9-10-21)19(26)25-30(27,28)18-6-2-5-16-14(18)4-3-11-24-16/h2-8,11-12,20H,9-10H2,1H3,(H,25,26). The minimum atomic E-state index is -4.21. The lowest BCUT2D eigenvalue weighted by Crippen LogP contribution is -2.39. The third-order valence-electron chi connectivity index (χ3n) is 5.17. The number of carbonyl (C=O) groups is 1. The molecule has 1 fully saturated rings. The van der Waals surface area contributed by atoms with Gasteiger partial charge in [-0.1, -0.05) is 23.8 Å². The molecule has 1 saturated carbocycles. The summed E-state index contributed by atoms with van der Waals surface area (Å²) in [6.07, 6.45) is 2.20. The monoisotopic (exact) mass is 432 g/mol. The Morgan fingerprint density at radius 1 is 1.17 bits per heavy atom. The third-order valence-corrected chi connectivity index (χ3v) is 6.56. The Morgan fingerprint density at radius 3 is 2.63 bits per heavy atom. The molecule has 0 saturated heterocycles. The molecule has 1 heterocycles. The molecule has 3 aromatic rings. The van der Waals surface area contributed by atoms with Gasteiger partial charge in [-0.05, 0) is 50.1 Å². The molecule has 0 spiro atoms. The fourth-order valence-corrected chi connectivity index (χ4v) is 4.81. The zero-order chi connectivity index (χ0) is 21.5. The number of carbonyl (C=O) groups excluding carboxylic acids is 1. The van der Waals surface area contributed by atoms with Gasteiger partial charge in [-0.15, -0.1) is 0 Å². The first-order chi connectivity index (χ1) is 14.2. The number of sulfonamides is 1. The fourth-order valence-electron chi connectivity index (χ4n) is 3.54. The van der Waals surface area contributed by atoms with Gasteiger partial charge in [0.25, 0.3) is 10.0 Å². The molecule has 30 heavy (non-hydrogen) atoms. The fraction of sp³-hybridized carbons (Fsp3) is 0.238. The second kappa shape index (κ2) is 7.32. The summed E-state index contributed by atoms with van der Waals surface area (Å²) in [7, 11) is -4.21. The summed E-state index contributed by atoms with van der Waals surface area (Å²) in [5.41, 5.74) is 0.246. The molecular formula is C21H18F2N2O4S. The zero-order valence-corrected chi connectivity index (χ0v) is 16.7. The van der Waals surface area contributed by atoms with Gasteiger partial charge >= 0.3 is 6.61 Å². The number of nitrogens with zero attached hydrogens (tertiary/aromatic N) is 1. The lowest BCUT2D eigenvalue weighted by molar-refractivity contribution is -0.122. The zero-order valence-electron chi connectivity index (χ0n) is 15.9. The van der Waals surface area contributed by atoms with Gasteiger partial charge in [-0.2, -0.15) is 8.78 Å². The first-order valence-corrected chi connectivity index (χ1v) is 10.7. The number of rotatable bonds is 6. The predicted molar refractivity (Wildman–Crippen MR) is 106 cm³/mol. The predicted octanol–water partition coefficient (Wildman–Crippen LogP) is 3.68. The minimum Gasteiger partial charge on any atom is -0.435 e. The average molecular weight is 432 g/mol. The van der Waals surface area contributed by atoms with Crippen molar-refractivity contribution in [2.75, 3.05) is 0 Å². The van der Waals surface area contributed by atoms with Crippen LogP contribution in [-0.4, -0.2) is 25.9 Å². The lowest BCUT2D eigenvalue weighted by atomic mass is 9.93. The van der Waals surface area contributed by atoms with Crippen LogP contribution in [0, 0.1) is 6.92 Å². The van der Waals surface area contributed by atoms with E-state index in [2.05, 4.69) is 14.4 Å². The highest BCUT2D eigenvalue weighted by atomic mass is 32.2. The number of halogens is 2. The smallest absolute Gasteiger partial charge is 0.387 e. The molecule has 0 unspecified atom stereocenters. The van der Waals surface area contributed by atoms with Crippen molar-refractivity contribution in [1.82, 2.24) is 9.71 Å². The van der Waals surface area contributed by atoms with Crippen molar-refractivity contribution in [2.24, 2.45) is 0 Å². The molecule has 9 heteroatoms. The van der Waals surface area contributed by atoms with E-state index in [4.69, 9.17) is 0 Å². The van der Waals surface area contributed by atoms with E-state index in [1.54, 1.807) is 43.5 Å². The summed E-state index contributed by atoms with van der Waals surface area (Å²) < 4.78 is 58.3. The van der Waals surface area contributed by atoms with Crippen LogP contribution < -0.4 is 9.46 Å². The van der Waals surface area contributed by atoms with Crippen LogP contribution >= 0.6 is 0 Å². The third kappa shape index (κ3) is 3.60. The second-order valence-corrected chi connectivity index (χ2v) is 8.87. The number of aryl methyl sites for hydroxylation is 1. The summed E-state index contributed by atoms with van der Waals surface area (Å²) >= 11 is 0. The van der Waals surface area contributed by atoms with Crippen LogP contribution in [-0.2, 0) is 20.2 Å². The Balaban J connectivity index is 1.70. The molecule has 0 radical (unpaired) electrons. The van der Waals surface area contributed by atoms with Crippen molar-refractivity contribution in [3.63, 3.8) is 0 Å². The van der Waals surface area contributed by atoms with Crippen LogP contribution in [0.5, 0.6) is 5.75 Å². The van der Waals surface area contributed by atoms with Crippen molar-refractivity contribution in [1.29, 1.82) is 0 Å². The molecule has 1 N–H and O–H groups in total. The maximum absolute atomic E-state index is 13.1. The Morgan fingerprint density at radius 2 is 1.93 bits per heavy atom. The van der Waals surface area contributed by atoms with E-state index in [1.165, 1.54) is 18.2 Å². The molecular weight excluding hydrogens is 414 g/mol. The molecule has 0 aliphatic heterocycles. The number of aromatic nitrogens is 1. The maximum atomic E-state index is 13.1. The van der Waals surface area contributed by atoms with Crippen LogP contribution in [0.4, 0.5) is 8.78 Å². The summed E-state index contributed by atoms with van der Waals surface area (Å²) in [6, 6.07) is 12.3. The Kier molecular flexibility index (Phi) is 4.93. The van der Waals surface area contributed by atoms with Crippen molar-refractivity contribution in [3.05, 3.63) is 65.9 Å². The highest BCUT2D eigenvalue weighted by molar-refractivity contribution is 7.90. The topological polar surface area (TPSA) is 85.4 Å². The highest BCUT2D eigenvalue weighted by Gasteiger charge is 2.54. The minimum absolute atomic E-state index is 0.0782. The highest BCUT2D eigenvalue weighted by Crippen LogP contribution is 2.52. The quantitative estimate of drug-likeness (QED) is 0.642. The number of ether oxygens (including phenoxy) is 1. The van der Waals surface area contributed by atoms with E-state index in [1.807, 2.05) is 0 Å². The van der Waals surface area contributed by atoms with Crippen LogP contribution in [0.3, 0.4) is 0 Å².